The lowest BCUT2D eigenvalue weighted by atomic mass is 10.0. The molecule has 9 heteroatoms. The van der Waals surface area contributed by atoms with Crippen LogP contribution in [-0.2, 0) is 21.4 Å². The predicted octanol–water partition coefficient (Wildman–Crippen LogP) is 2.56. The summed E-state index contributed by atoms with van der Waals surface area (Å²) >= 11 is 6.14. The second-order valence-electron chi connectivity index (χ2n) is 7.22. The van der Waals surface area contributed by atoms with E-state index >= 15 is 0 Å². The Labute approximate surface area is 181 Å². The lowest BCUT2D eigenvalue weighted by Gasteiger charge is -2.32. The summed E-state index contributed by atoms with van der Waals surface area (Å²) in [5.41, 5.74) is 1.07. The van der Waals surface area contributed by atoms with E-state index in [-0.39, 0.29) is 39.9 Å². The van der Waals surface area contributed by atoms with Crippen molar-refractivity contribution in [1.29, 1.82) is 0 Å². The predicted molar refractivity (Wildman–Crippen MR) is 115 cm³/mol. The summed E-state index contributed by atoms with van der Waals surface area (Å²) in [4.78, 5) is 25.6. The summed E-state index contributed by atoms with van der Waals surface area (Å²) in [6.45, 7) is 2.56. The van der Waals surface area contributed by atoms with Gasteiger partial charge in [0, 0.05) is 38.2 Å². The molecule has 2 N–H and O–H groups in total. The number of hydrogen-bond acceptors (Lipinski definition) is 4. The Kier molecular flexibility index (Phi) is 7.12. The highest BCUT2D eigenvalue weighted by molar-refractivity contribution is 7.89. The van der Waals surface area contributed by atoms with Crippen LogP contribution in [0, 0.1) is 0 Å². The van der Waals surface area contributed by atoms with Crippen molar-refractivity contribution >= 4 is 33.4 Å². The lowest BCUT2D eigenvalue weighted by molar-refractivity contribution is -0.119. The van der Waals surface area contributed by atoms with Crippen LogP contribution < -0.4 is 10.0 Å². The van der Waals surface area contributed by atoms with Gasteiger partial charge in [0.2, 0.25) is 15.9 Å². The van der Waals surface area contributed by atoms with Gasteiger partial charge in [0.25, 0.3) is 5.91 Å². The summed E-state index contributed by atoms with van der Waals surface area (Å²) in [6, 6.07) is 13.5. The first-order chi connectivity index (χ1) is 14.3. The Bertz CT molecular complexity index is 1020. The second-order valence-corrected chi connectivity index (χ2v) is 9.36. The van der Waals surface area contributed by atoms with Gasteiger partial charge < -0.3 is 10.2 Å². The maximum atomic E-state index is 12.9. The number of nitrogens with zero attached hydrogens (tertiary/aromatic N) is 1. The minimum Gasteiger partial charge on any atom is -0.353 e. The van der Waals surface area contributed by atoms with E-state index in [9.17, 15) is 18.0 Å². The molecular weight excluding hydrogens is 426 g/mol. The van der Waals surface area contributed by atoms with Gasteiger partial charge in [-0.2, -0.15) is 0 Å². The van der Waals surface area contributed by atoms with Crippen molar-refractivity contribution in [2.24, 2.45) is 0 Å². The van der Waals surface area contributed by atoms with Crippen molar-refractivity contribution in [2.45, 2.75) is 37.2 Å². The largest absolute Gasteiger partial charge is 0.353 e. The summed E-state index contributed by atoms with van der Waals surface area (Å²) < 4.78 is 28.0. The fraction of sp³-hybridized carbons (Fsp3) is 0.333. The molecule has 2 aromatic rings. The van der Waals surface area contributed by atoms with Gasteiger partial charge in [0.1, 0.15) is 4.90 Å². The molecular formula is C21H24ClN3O4S. The van der Waals surface area contributed by atoms with Gasteiger partial charge in [0.15, 0.2) is 0 Å². The third-order valence-electron chi connectivity index (χ3n) is 4.97. The number of nitrogens with one attached hydrogen (secondary N) is 2. The van der Waals surface area contributed by atoms with Gasteiger partial charge in [-0.05, 0) is 36.6 Å². The molecule has 0 bridgehead atoms. The van der Waals surface area contributed by atoms with E-state index in [0.29, 0.717) is 25.9 Å². The highest BCUT2D eigenvalue weighted by atomic mass is 35.5. The van der Waals surface area contributed by atoms with Gasteiger partial charge in [-0.1, -0.05) is 41.9 Å². The van der Waals surface area contributed by atoms with E-state index in [0.717, 1.165) is 5.56 Å². The molecule has 0 aromatic heterocycles. The first-order valence-corrected chi connectivity index (χ1v) is 11.5. The first kappa shape index (κ1) is 22.3. The molecule has 0 spiro atoms. The zero-order valence-electron chi connectivity index (χ0n) is 16.6. The van der Waals surface area contributed by atoms with Gasteiger partial charge >= 0.3 is 0 Å². The molecule has 2 amide bonds. The fourth-order valence-electron chi connectivity index (χ4n) is 3.39. The number of carbonyl (C=O) groups excluding carboxylic acids is 2. The first-order valence-electron chi connectivity index (χ1n) is 9.66. The molecule has 0 aliphatic carbocycles. The van der Waals surface area contributed by atoms with Crippen LogP contribution in [-0.4, -0.2) is 44.3 Å². The van der Waals surface area contributed by atoms with Crippen molar-refractivity contribution < 1.29 is 18.0 Å². The molecule has 1 aliphatic rings. The minimum atomic E-state index is -3.90. The third-order valence-corrected chi connectivity index (χ3v) is 6.85. The SMILES string of the molecule is CC(=O)NC1CCN(C(=O)c2ccc(Cl)c(S(=O)(=O)NCc3ccccc3)c2)CC1. The molecule has 1 fully saturated rings. The van der Waals surface area contributed by atoms with Crippen LogP contribution in [0.25, 0.3) is 0 Å². The van der Waals surface area contributed by atoms with Crippen LogP contribution in [0.15, 0.2) is 53.4 Å². The smallest absolute Gasteiger partial charge is 0.253 e. The summed E-state index contributed by atoms with van der Waals surface area (Å²) in [5, 5.41) is 2.92. The number of halogens is 1. The lowest BCUT2D eigenvalue weighted by Crippen LogP contribution is -2.46. The third kappa shape index (κ3) is 5.59. The number of benzene rings is 2. The van der Waals surface area contributed by atoms with E-state index < -0.39 is 10.0 Å². The average Bonchev–Trinajstić information content (AvgIpc) is 2.73. The van der Waals surface area contributed by atoms with Crippen molar-refractivity contribution in [3.63, 3.8) is 0 Å². The van der Waals surface area contributed by atoms with Crippen molar-refractivity contribution in [3.05, 3.63) is 64.7 Å². The number of rotatable bonds is 6. The molecule has 0 saturated carbocycles. The van der Waals surface area contributed by atoms with Crippen LogP contribution in [0.2, 0.25) is 5.02 Å². The second kappa shape index (κ2) is 9.59. The molecule has 30 heavy (non-hydrogen) atoms. The van der Waals surface area contributed by atoms with Crippen LogP contribution in [0.1, 0.15) is 35.7 Å². The molecule has 1 heterocycles. The average molecular weight is 450 g/mol. The minimum absolute atomic E-state index is 0.0508. The highest BCUT2D eigenvalue weighted by Gasteiger charge is 2.26. The van der Waals surface area contributed by atoms with Gasteiger partial charge in [-0.15, -0.1) is 0 Å². The van der Waals surface area contributed by atoms with Crippen LogP contribution in [0.5, 0.6) is 0 Å². The van der Waals surface area contributed by atoms with Crippen LogP contribution in [0.4, 0.5) is 0 Å². The summed E-state index contributed by atoms with van der Waals surface area (Å²) in [5.74, 6) is -0.345. The van der Waals surface area contributed by atoms with Crippen molar-refractivity contribution in [2.75, 3.05) is 13.1 Å². The van der Waals surface area contributed by atoms with E-state index in [1.807, 2.05) is 30.3 Å². The maximum Gasteiger partial charge on any atom is 0.253 e. The number of sulfonamides is 1. The molecule has 1 aliphatic heterocycles. The van der Waals surface area contributed by atoms with E-state index in [2.05, 4.69) is 10.0 Å². The number of hydrogen-bond donors (Lipinski definition) is 2. The molecule has 0 atom stereocenters. The fourth-order valence-corrected chi connectivity index (χ4v) is 4.93. The number of piperidine rings is 1. The Morgan fingerprint density at radius 1 is 1.10 bits per heavy atom. The molecule has 3 rings (SSSR count). The monoisotopic (exact) mass is 449 g/mol. The molecule has 1 saturated heterocycles. The normalized spacial score (nSPS) is 15.1. The van der Waals surface area contributed by atoms with E-state index in [1.54, 1.807) is 4.90 Å². The van der Waals surface area contributed by atoms with Crippen LogP contribution >= 0.6 is 11.6 Å². The number of amides is 2. The molecule has 7 nitrogen and oxygen atoms in total. The van der Waals surface area contributed by atoms with E-state index in [1.165, 1.54) is 25.1 Å². The van der Waals surface area contributed by atoms with Gasteiger partial charge in [-0.25, -0.2) is 13.1 Å². The Morgan fingerprint density at radius 3 is 2.40 bits per heavy atom. The molecule has 160 valence electrons. The molecule has 2 aromatic carbocycles. The zero-order chi connectivity index (χ0) is 21.7. The molecule has 0 radical (unpaired) electrons. The molecule has 0 unspecified atom stereocenters. The number of carbonyl (C=O) groups is 2. The summed E-state index contributed by atoms with van der Waals surface area (Å²) in [6.07, 6.45) is 1.31. The van der Waals surface area contributed by atoms with Crippen molar-refractivity contribution in [3.8, 4) is 0 Å². The van der Waals surface area contributed by atoms with Gasteiger partial charge in [0.05, 0.1) is 5.02 Å². The Morgan fingerprint density at radius 2 is 1.77 bits per heavy atom. The van der Waals surface area contributed by atoms with E-state index in [4.69, 9.17) is 11.6 Å². The Hall–Kier alpha value is -2.42. The highest BCUT2D eigenvalue weighted by Crippen LogP contribution is 2.24. The Balaban J connectivity index is 1.71. The summed E-state index contributed by atoms with van der Waals surface area (Å²) in [7, 11) is -3.90. The quantitative estimate of drug-likeness (QED) is 0.708. The topological polar surface area (TPSA) is 95.6 Å². The van der Waals surface area contributed by atoms with Crippen molar-refractivity contribution in [1.82, 2.24) is 14.9 Å². The van der Waals surface area contributed by atoms with Crippen LogP contribution in [0.3, 0.4) is 0 Å². The number of likely N-dealkylation sites (tertiary alicyclic amines) is 1. The standard InChI is InChI=1S/C21H24ClN3O4S/c1-15(26)24-18-9-11-25(12-10-18)21(27)17-7-8-19(22)20(13-17)30(28,29)23-14-16-5-3-2-4-6-16/h2-8,13,18,23H,9-12,14H2,1H3,(H,24,26). The zero-order valence-corrected chi connectivity index (χ0v) is 18.2. The maximum absolute atomic E-state index is 12.9. The van der Waals surface area contributed by atoms with Gasteiger partial charge in [-0.3, -0.25) is 9.59 Å².